The van der Waals surface area contributed by atoms with Gasteiger partial charge in [0.2, 0.25) is 5.91 Å². The number of hydrogen-bond donors (Lipinski definition) is 0. The number of benzene rings is 2. The molecule has 3 heterocycles. The fraction of sp³-hybridized carbons (Fsp3) is 0.238. The lowest BCUT2D eigenvalue weighted by Gasteiger charge is -2.42. The molecule has 0 spiro atoms. The summed E-state index contributed by atoms with van der Waals surface area (Å²) in [5.41, 5.74) is 7.02. The second-order valence-corrected chi connectivity index (χ2v) is 9.05. The molecule has 2 aliphatic heterocycles. The summed E-state index contributed by atoms with van der Waals surface area (Å²) in [5, 5.41) is 0. The highest BCUT2D eigenvalue weighted by Crippen LogP contribution is 2.35. The van der Waals surface area contributed by atoms with Crippen molar-refractivity contribution in [3.8, 4) is 0 Å². The van der Waals surface area contributed by atoms with Crippen LogP contribution in [0.3, 0.4) is 0 Å². The van der Waals surface area contributed by atoms with Gasteiger partial charge in [0.05, 0.1) is 22.1 Å². The molecule has 0 aliphatic carbocycles. The van der Waals surface area contributed by atoms with Gasteiger partial charge in [-0.1, -0.05) is 30.3 Å². The fourth-order valence-corrected chi connectivity index (χ4v) is 5.23. The van der Waals surface area contributed by atoms with Gasteiger partial charge in [-0.3, -0.25) is 4.79 Å². The van der Waals surface area contributed by atoms with Crippen molar-refractivity contribution in [2.24, 2.45) is 0 Å². The molecule has 1 amide bonds. The molecule has 0 unspecified atom stereocenters. The summed E-state index contributed by atoms with van der Waals surface area (Å²) >= 11 is 3.50. The smallest absolute Gasteiger partial charge is 0.227 e. The molecule has 0 radical (unpaired) electrons. The van der Waals surface area contributed by atoms with E-state index in [1.165, 1.54) is 20.7 Å². The van der Waals surface area contributed by atoms with Crippen LogP contribution in [-0.4, -0.2) is 46.3 Å². The number of hydrogen-bond acceptors (Lipinski definition) is 5. The maximum atomic E-state index is 12.3. The summed E-state index contributed by atoms with van der Waals surface area (Å²) in [7, 11) is 0. The summed E-state index contributed by atoms with van der Waals surface area (Å²) in [4.78, 5) is 19.9. The first-order valence-electron chi connectivity index (χ1n) is 9.02. The topological polar surface area (TPSA) is 36.4 Å². The number of nitrogens with zero attached hydrogens (tertiary/aromatic N) is 3. The van der Waals surface area contributed by atoms with Crippen molar-refractivity contribution < 1.29 is 4.79 Å². The van der Waals surface area contributed by atoms with E-state index < -0.39 is 0 Å². The third-order valence-corrected chi connectivity index (χ3v) is 6.86. The highest BCUT2D eigenvalue weighted by molar-refractivity contribution is 7.97. The third kappa shape index (κ3) is 3.52. The predicted octanol–water partition coefficient (Wildman–Crippen LogP) is 4.00. The van der Waals surface area contributed by atoms with Gasteiger partial charge in [0.1, 0.15) is 0 Å². The van der Waals surface area contributed by atoms with Gasteiger partial charge in [-0.15, -0.1) is 11.3 Å². The third-order valence-electron chi connectivity index (χ3n) is 5.09. The van der Waals surface area contributed by atoms with Gasteiger partial charge in [0.15, 0.2) is 0 Å². The highest BCUT2D eigenvalue weighted by Gasteiger charge is 2.32. The van der Waals surface area contributed by atoms with E-state index in [-0.39, 0.29) is 5.91 Å². The van der Waals surface area contributed by atoms with E-state index in [0.29, 0.717) is 6.42 Å². The average Bonchev–Trinajstić information content (AvgIpc) is 3.06. The molecule has 136 valence electrons. The summed E-state index contributed by atoms with van der Waals surface area (Å²) in [5.74, 6) is 0.231. The normalized spacial score (nSPS) is 17.1. The largest absolute Gasteiger partial charge is 0.334 e. The average molecular weight is 394 g/mol. The van der Waals surface area contributed by atoms with Crippen molar-refractivity contribution in [1.29, 1.82) is 0 Å². The Bertz CT molecular complexity index is 1010. The first kappa shape index (κ1) is 17.0. The maximum absolute atomic E-state index is 12.3. The van der Waals surface area contributed by atoms with E-state index >= 15 is 0 Å². The predicted molar refractivity (Wildman–Crippen MR) is 111 cm³/mol. The standard InChI is InChI=1S/C21H19N3OS2/c25-21(8-15-4-2-1-3-5-15)23-10-16(11-23)17-12-24(13-17)27-18-6-7-19-20(9-18)26-14-22-19/h1-7,9,14H,8,10-13H2. The number of likely N-dealkylation sites (tertiary alicyclic amines) is 1. The number of aromatic nitrogens is 1. The van der Waals surface area contributed by atoms with Gasteiger partial charge in [-0.25, -0.2) is 9.29 Å². The Morgan fingerprint density at radius 2 is 1.81 bits per heavy atom. The molecule has 5 rings (SSSR count). The number of carbonyl (C=O) groups excluding carboxylic acids is 1. The molecular weight excluding hydrogens is 374 g/mol. The molecule has 0 atom stereocenters. The Morgan fingerprint density at radius 1 is 1.04 bits per heavy atom. The minimum atomic E-state index is 0.231. The lowest BCUT2D eigenvalue weighted by atomic mass is 9.96. The van der Waals surface area contributed by atoms with Gasteiger partial charge < -0.3 is 4.90 Å². The Morgan fingerprint density at radius 3 is 2.63 bits per heavy atom. The van der Waals surface area contributed by atoms with E-state index in [9.17, 15) is 4.79 Å². The number of carbonyl (C=O) groups is 1. The van der Waals surface area contributed by atoms with Gasteiger partial charge in [-0.2, -0.15) is 0 Å². The van der Waals surface area contributed by atoms with Crippen molar-refractivity contribution in [1.82, 2.24) is 14.2 Å². The van der Waals surface area contributed by atoms with Crippen molar-refractivity contribution in [3.63, 3.8) is 0 Å². The molecule has 4 nitrogen and oxygen atoms in total. The summed E-state index contributed by atoms with van der Waals surface area (Å²) in [6.45, 7) is 3.63. The quantitative estimate of drug-likeness (QED) is 0.496. The molecule has 27 heavy (non-hydrogen) atoms. The number of amides is 1. The van der Waals surface area contributed by atoms with Crippen LogP contribution in [0.1, 0.15) is 5.56 Å². The van der Waals surface area contributed by atoms with Crippen LogP contribution < -0.4 is 0 Å². The van der Waals surface area contributed by atoms with Gasteiger partial charge >= 0.3 is 0 Å². The lowest BCUT2D eigenvalue weighted by Crippen LogP contribution is -2.49. The van der Waals surface area contributed by atoms with Crippen LogP contribution >= 0.6 is 23.3 Å². The van der Waals surface area contributed by atoms with Crippen molar-refractivity contribution in [2.45, 2.75) is 11.3 Å². The molecule has 2 aromatic carbocycles. The minimum absolute atomic E-state index is 0.231. The van der Waals surface area contributed by atoms with E-state index in [1.54, 1.807) is 11.3 Å². The molecule has 0 bridgehead atoms. The summed E-state index contributed by atoms with van der Waals surface area (Å²) in [6, 6.07) is 16.4. The molecule has 0 saturated carbocycles. The first-order chi connectivity index (χ1) is 13.2. The van der Waals surface area contributed by atoms with Crippen molar-refractivity contribution in [2.75, 3.05) is 26.2 Å². The van der Waals surface area contributed by atoms with Crippen LogP contribution in [0.4, 0.5) is 0 Å². The van der Waals surface area contributed by atoms with Crippen LogP contribution in [0.2, 0.25) is 0 Å². The van der Waals surface area contributed by atoms with Gasteiger partial charge in [-0.05, 0) is 46.9 Å². The number of rotatable bonds is 4. The molecule has 2 aliphatic rings. The maximum Gasteiger partial charge on any atom is 0.227 e. The minimum Gasteiger partial charge on any atom is -0.334 e. The van der Waals surface area contributed by atoms with E-state index in [2.05, 4.69) is 27.5 Å². The van der Waals surface area contributed by atoms with Gasteiger partial charge in [0.25, 0.3) is 0 Å². The zero-order valence-electron chi connectivity index (χ0n) is 14.8. The molecule has 2 saturated heterocycles. The van der Waals surface area contributed by atoms with Crippen LogP contribution in [0.15, 0.2) is 70.1 Å². The highest BCUT2D eigenvalue weighted by atomic mass is 32.2. The zero-order valence-corrected chi connectivity index (χ0v) is 16.4. The van der Waals surface area contributed by atoms with Crippen LogP contribution in [0.25, 0.3) is 10.2 Å². The van der Waals surface area contributed by atoms with Crippen molar-refractivity contribution >= 4 is 39.4 Å². The zero-order chi connectivity index (χ0) is 18.2. The Balaban J connectivity index is 1.12. The SMILES string of the molecule is O=C(Cc1ccccc1)N1CC(=C2CN(Sc3ccc4ncsc4c3)C2)C1. The van der Waals surface area contributed by atoms with Crippen LogP contribution in [0, 0.1) is 0 Å². The number of fused-ring (bicyclic) bond motifs is 1. The van der Waals surface area contributed by atoms with E-state index in [0.717, 1.165) is 37.3 Å². The molecule has 3 aromatic rings. The molecular formula is C21H19N3OS2. The second kappa shape index (κ2) is 7.11. The van der Waals surface area contributed by atoms with Crippen molar-refractivity contribution in [3.05, 3.63) is 70.8 Å². The second-order valence-electron chi connectivity index (χ2n) is 6.99. The Kier molecular flexibility index (Phi) is 4.47. The summed E-state index contributed by atoms with van der Waals surface area (Å²) < 4.78 is 3.62. The van der Waals surface area contributed by atoms with Crippen LogP contribution in [0.5, 0.6) is 0 Å². The van der Waals surface area contributed by atoms with E-state index in [4.69, 9.17) is 0 Å². The summed E-state index contributed by atoms with van der Waals surface area (Å²) in [6.07, 6.45) is 0.505. The fourth-order valence-electron chi connectivity index (χ4n) is 3.41. The molecule has 0 N–H and O–H groups in total. The first-order valence-corrected chi connectivity index (χ1v) is 10.7. The Labute approximate surface area is 166 Å². The monoisotopic (exact) mass is 393 g/mol. The van der Waals surface area contributed by atoms with E-state index in [1.807, 2.05) is 52.7 Å². The Hall–Kier alpha value is -2.15. The lowest BCUT2D eigenvalue weighted by molar-refractivity contribution is -0.131. The molecule has 6 heteroatoms. The molecule has 2 fully saturated rings. The van der Waals surface area contributed by atoms with Gasteiger partial charge in [0, 0.05) is 31.1 Å². The van der Waals surface area contributed by atoms with Crippen LogP contribution in [-0.2, 0) is 11.2 Å². The number of thiazole rings is 1. The molecule has 1 aromatic heterocycles.